The molecule has 0 aliphatic carbocycles. The van der Waals surface area contributed by atoms with Gasteiger partial charge < -0.3 is 19.3 Å². The van der Waals surface area contributed by atoms with Crippen molar-refractivity contribution in [3.05, 3.63) is 22.7 Å². The Bertz CT molecular complexity index is 468. The predicted octanol–water partition coefficient (Wildman–Crippen LogP) is 2.46. The molecule has 1 aliphatic heterocycles. The molecule has 1 N–H and O–H groups in total. The summed E-state index contributed by atoms with van der Waals surface area (Å²) in [6, 6.07) is 2.89. The van der Waals surface area contributed by atoms with Crippen molar-refractivity contribution in [2.75, 3.05) is 26.9 Å². The van der Waals surface area contributed by atoms with Gasteiger partial charge in [-0.1, -0.05) is 11.6 Å². The zero-order chi connectivity index (χ0) is 13.8. The number of hydrogen-bond acceptors (Lipinski definition) is 4. The molecule has 0 saturated carbocycles. The maximum Gasteiger partial charge on any atom is 0.339 e. The highest BCUT2D eigenvalue weighted by Crippen LogP contribution is 2.35. The third-order valence-corrected chi connectivity index (χ3v) is 3.18. The summed E-state index contributed by atoms with van der Waals surface area (Å²) in [4.78, 5) is 11.2. The predicted molar refractivity (Wildman–Crippen MR) is 69.4 cm³/mol. The van der Waals surface area contributed by atoms with E-state index in [-0.39, 0.29) is 17.2 Å². The third-order valence-electron chi connectivity index (χ3n) is 2.96. The van der Waals surface area contributed by atoms with Crippen molar-refractivity contribution in [2.24, 2.45) is 5.92 Å². The fourth-order valence-corrected chi connectivity index (χ4v) is 2.15. The van der Waals surface area contributed by atoms with Crippen LogP contribution in [-0.2, 0) is 4.74 Å². The summed E-state index contributed by atoms with van der Waals surface area (Å²) in [7, 11) is 1.45. The van der Waals surface area contributed by atoms with Gasteiger partial charge in [0.1, 0.15) is 5.56 Å². The van der Waals surface area contributed by atoms with Crippen LogP contribution in [0.1, 0.15) is 16.8 Å². The van der Waals surface area contributed by atoms with Crippen LogP contribution in [0, 0.1) is 5.92 Å². The lowest BCUT2D eigenvalue weighted by Gasteiger charge is -2.15. The van der Waals surface area contributed by atoms with Crippen molar-refractivity contribution in [3.8, 4) is 11.5 Å². The number of rotatable bonds is 5. The number of benzene rings is 1. The molecule has 1 heterocycles. The van der Waals surface area contributed by atoms with E-state index in [0.29, 0.717) is 24.0 Å². The Hall–Kier alpha value is -1.46. The zero-order valence-electron chi connectivity index (χ0n) is 10.5. The summed E-state index contributed by atoms with van der Waals surface area (Å²) < 4.78 is 16.0. The highest BCUT2D eigenvalue weighted by atomic mass is 35.5. The molecule has 1 saturated heterocycles. The summed E-state index contributed by atoms with van der Waals surface area (Å²) in [6.45, 7) is 1.76. The Morgan fingerprint density at radius 2 is 2.37 bits per heavy atom. The van der Waals surface area contributed by atoms with E-state index in [1.54, 1.807) is 0 Å². The summed E-state index contributed by atoms with van der Waals surface area (Å²) in [6.07, 6.45) is 0.915. The van der Waals surface area contributed by atoms with Gasteiger partial charge in [-0.15, -0.1) is 0 Å². The monoisotopic (exact) mass is 286 g/mol. The van der Waals surface area contributed by atoms with E-state index in [9.17, 15) is 9.90 Å². The lowest BCUT2D eigenvalue weighted by atomic mass is 10.1. The number of methoxy groups -OCH3 is 1. The first kappa shape index (κ1) is 14.0. The average molecular weight is 287 g/mol. The van der Waals surface area contributed by atoms with Crippen LogP contribution in [0.15, 0.2) is 12.1 Å². The van der Waals surface area contributed by atoms with Crippen LogP contribution in [0.2, 0.25) is 5.02 Å². The standard InChI is InChI=1S/C13H15ClO5/c1-17-11-5-9(14)4-10(13(15)16)12(11)19-7-8-2-3-18-6-8/h4-5,8H,2-3,6-7H2,1H3,(H,15,16). The van der Waals surface area contributed by atoms with E-state index in [2.05, 4.69) is 0 Å². The minimum Gasteiger partial charge on any atom is -0.493 e. The zero-order valence-corrected chi connectivity index (χ0v) is 11.3. The van der Waals surface area contributed by atoms with E-state index >= 15 is 0 Å². The molecule has 104 valence electrons. The van der Waals surface area contributed by atoms with Gasteiger partial charge in [-0.2, -0.15) is 0 Å². The van der Waals surface area contributed by atoms with Crippen LogP contribution in [0.5, 0.6) is 11.5 Å². The number of ether oxygens (including phenoxy) is 3. The fraction of sp³-hybridized carbons (Fsp3) is 0.462. The van der Waals surface area contributed by atoms with Gasteiger partial charge in [0, 0.05) is 23.6 Å². The Kier molecular flexibility index (Phi) is 4.50. The highest BCUT2D eigenvalue weighted by Gasteiger charge is 2.21. The van der Waals surface area contributed by atoms with Crippen molar-refractivity contribution in [1.29, 1.82) is 0 Å². The van der Waals surface area contributed by atoms with Crippen molar-refractivity contribution in [1.82, 2.24) is 0 Å². The molecule has 6 heteroatoms. The maximum absolute atomic E-state index is 11.2. The molecule has 0 bridgehead atoms. The minimum atomic E-state index is -1.10. The average Bonchev–Trinajstić information content (AvgIpc) is 2.89. The molecule has 0 radical (unpaired) electrons. The molecule has 0 aromatic heterocycles. The molecule has 19 heavy (non-hydrogen) atoms. The Morgan fingerprint density at radius 1 is 1.58 bits per heavy atom. The fourth-order valence-electron chi connectivity index (χ4n) is 1.94. The van der Waals surface area contributed by atoms with Crippen LogP contribution in [0.3, 0.4) is 0 Å². The first-order valence-corrected chi connectivity index (χ1v) is 6.31. The van der Waals surface area contributed by atoms with Crippen LogP contribution in [0.25, 0.3) is 0 Å². The summed E-state index contributed by atoms with van der Waals surface area (Å²) in [5.74, 6) is -0.282. The molecular formula is C13H15ClO5. The lowest BCUT2D eigenvalue weighted by Crippen LogP contribution is -2.14. The molecule has 2 rings (SSSR count). The number of carboxylic acid groups (broad SMARTS) is 1. The Balaban J connectivity index is 2.22. The second-order valence-electron chi connectivity index (χ2n) is 4.33. The van der Waals surface area contributed by atoms with E-state index in [1.165, 1.54) is 19.2 Å². The van der Waals surface area contributed by atoms with Gasteiger partial charge >= 0.3 is 5.97 Å². The summed E-state index contributed by atoms with van der Waals surface area (Å²) in [5, 5.41) is 9.48. The number of hydrogen-bond donors (Lipinski definition) is 1. The van der Waals surface area contributed by atoms with E-state index in [1.807, 2.05) is 0 Å². The molecule has 1 aliphatic rings. The van der Waals surface area contributed by atoms with Crippen molar-refractivity contribution < 1.29 is 24.1 Å². The SMILES string of the molecule is COc1cc(Cl)cc(C(=O)O)c1OCC1CCOC1. The number of halogens is 1. The van der Waals surface area contributed by atoms with Gasteiger partial charge in [-0.05, 0) is 12.5 Å². The Labute approximate surface area is 116 Å². The molecular weight excluding hydrogens is 272 g/mol. The number of carboxylic acids is 1. The molecule has 5 nitrogen and oxygen atoms in total. The van der Waals surface area contributed by atoms with Crippen LogP contribution in [0.4, 0.5) is 0 Å². The second kappa shape index (κ2) is 6.12. The molecule has 1 aromatic rings. The van der Waals surface area contributed by atoms with Crippen molar-refractivity contribution >= 4 is 17.6 Å². The van der Waals surface area contributed by atoms with E-state index in [0.717, 1.165) is 13.0 Å². The second-order valence-corrected chi connectivity index (χ2v) is 4.77. The normalized spacial score (nSPS) is 18.3. The molecule has 1 fully saturated rings. The molecule has 1 aromatic carbocycles. The lowest BCUT2D eigenvalue weighted by molar-refractivity contribution is 0.0690. The van der Waals surface area contributed by atoms with Gasteiger partial charge in [0.15, 0.2) is 11.5 Å². The number of aromatic carboxylic acids is 1. The quantitative estimate of drug-likeness (QED) is 0.901. The van der Waals surface area contributed by atoms with Crippen LogP contribution >= 0.6 is 11.6 Å². The summed E-state index contributed by atoms with van der Waals surface area (Å²) >= 11 is 5.85. The van der Waals surface area contributed by atoms with Gasteiger partial charge in [0.25, 0.3) is 0 Å². The number of carbonyl (C=O) groups is 1. The molecule has 0 amide bonds. The maximum atomic E-state index is 11.2. The summed E-state index contributed by atoms with van der Waals surface area (Å²) in [5.41, 5.74) is 0.00302. The molecule has 1 atom stereocenters. The van der Waals surface area contributed by atoms with E-state index < -0.39 is 5.97 Å². The van der Waals surface area contributed by atoms with Crippen LogP contribution < -0.4 is 9.47 Å². The van der Waals surface area contributed by atoms with Gasteiger partial charge in [-0.3, -0.25) is 0 Å². The Morgan fingerprint density at radius 3 is 2.95 bits per heavy atom. The first-order chi connectivity index (χ1) is 9.11. The smallest absolute Gasteiger partial charge is 0.339 e. The molecule has 0 spiro atoms. The molecule has 1 unspecified atom stereocenters. The topological polar surface area (TPSA) is 65.0 Å². The van der Waals surface area contributed by atoms with Gasteiger partial charge in [0.2, 0.25) is 0 Å². The van der Waals surface area contributed by atoms with E-state index in [4.69, 9.17) is 25.8 Å². The first-order valence-electron chi connectivity index (χ1n) is 5.93. The van der Waals surface area contributed by atoms with Crippen molar-refractivity contribution in [3.63, 3.8) is 0 Å². The largest absolute Gasteiger partial charge is 0.493 e. The van der Waals surface area contributed by atoms with Crippen LogP contribution in [-0.4, -0.2) is 38.0 Å². The van der Waals surface area contributed by atoms with Gasteiger partial charge in [-0.25, -0.2) is 4.79 Å². The highest BCUT2D eigenvalue weighted by molar-refractivity contribution is 6.31. The van der Waals surface area contributed by atoms with Crippen molar-refractivity contribution in [2.45, 2.75) is 6.42 Å². The third kappa shape index (κ3) is 3.30. The minimum absolute atomic E-state index is 0.00302. The van der Waals surface area contributed by atoms with Gasteiger partial charge in [0.05, 0.1) is 20.3 Å².